The zero-order chi connectivity index (χ0) is 13.3. The van der Waals surface area contributed by atoms with Crippen LogP contribution in [0.5, 0.6) is 0 Å². The maximum atomic E-state index is 6.24. The van der Waals surface area contributed by atoms with Crippen molar-refractivity contribution in [2.24, 2.45) is 5.73 Å². The van der Waals surface area contributed by atoms with Gasteiger partial charge in [-0.2, -0.15) is 5.10 Å². The number of nitrogens with zero attached hydrogens (tertiary/aromatic N) is 3. The maximum Gasteiger partial charge on any atom is 0.147 e. The van der Waals surface area contributed by atoms with Gasteiger partial charge in [-0.15, -0.1) is 0 Å². The predicted octanol–water partition coefficient (Wildman–Crippen LogP) is 2.21. The smallest absolute Gasteiger partial charge is 0.147 e. The summed E-state index contributed by atoms with van der Waals surface area (Å²) in [6, 6.07) is 6.30. The number of aromatic nitrogens is 3. The number of aryl methyl sites for hydroxylation is 4. The molecule has 0 saturated heterocycles. The van der Waals surface area contributed by atoms with Crippen LogP contribution in [-0.2, 0) is 6.54 Å². The fourth-order valence-electron chi connectivity index (χ4n) is 2.02. The molecule has 1 unspecified atom stereocenters. The molecule has 4 heteroatoms. The van der Waals surface area contributed by atoms with Crippen LogP contribution in [0.1, 0.15) is 34.4 Å². The molecule has 0 aliphatic rings. The summed E-state index contributed by atoms with van der Waals surface area (Å²) < 4.78 is 1.87. The summed E-state index contributed by atoms with van der Waals surface area (Å²) in [5.74, 6) is 1.70. The van der Waals surface area contributed by atoms with Gasteiger partial charge in [-0.1, -0.05) is 18.2 Å². The lowest BCUT2D eigenvalue weighted by atomic mass is 10.0. The van der Waals surface area contributed by atoms with E-state index in [1.54, 1.807) is 0 Å². The molecule has 18 heavy (non-hydrogen) atoms. The molecule has 4 nitrogen and oxygen atoms in total. The lowest BCUT2D eigenvalue weighted by Crippen LogP contribution is -2.19. The van der Waals surface area contributed by atoms with E-state index in [-0.39, 0.29) is 6.04 Å². The largest absolute Gasteiger partial charge is 0.322 e. The topological polar surface area (TPSA) is 56.7 Å². The van der Waals surface area contributed by atoms with Gasteiger partial charge in [-0.05, 0) is 44.4 Å². The average Bonchev–Trinajstić information content (AvgIpc) is 2.61. The molecule has 1 atom stereocenters. The number of benzene rings is 1. The molecule has 2 rings (SSSR count). The van der Waals surface area contributed by atoms with Crippen LogP contribution in [0.15, 0.2) is 18.2 Å². The lowest BCUT2D eigenvalue weighted by Gasteiger charge is -2.14. The Bertz CT molecular complexity index is 557. The van der Waals surface area contributed by atoms with Crippen molar-refractivity contribution in [1.82, 2.24) is 14.8 Å². The molecule has 96 valence electrons. The highest BCUT2D eigenvalue weighted by Crippen LogP contribution is 2.17. The highest BCUT2D eigenvalue weighted by Gasteiger charge is 2.11. The molecule has 2 N–H and O–H groups in total. The van der Waals surface area contributed by atoms with Crippen LogP contribution in [0.4, 0.5) is 0 Å². The molecule has 2 aromatic rings. The summed E-state index contributed by atoms with van der Waals surface area (Å²) in [4.78, 5) is 4.29. The third-order valence-corrected chi connectivity index (χ3v) is 3.29. The maximum absolute atomic E-state index is 6.24. The van der Waals surface area contributed by atoms with Gasteiger partial charge < -0.3 is 5.73 Å². The van der Waals surface area contributed by atoms with Gasteiger partial charge in [0.2, 0.25) is 0 Å². The normalized spacial score (nSPS) is 12.7. The molecule has 1 heterocycles. The Balaban J connectivity index is 2.19. The van der Waals surface area contributed by atoms with E-state index in [2.05, 4.69) is 42.1 Å². The first kappa shape index (κ1) is 12.8. The first-order chi connectivity index (χ1) is 8.47. The van der Waals surface area contributed by atoms with Gasteiger partial charge in [0, 0.05) is 6.04 Å². The highest BCUT2D eigenvalue weighted by atomic mass is 15.3. The Hall–Kier alpha value is -1.68. The van der Waals surface area contributed by atoms with Crippen LogP contribution >= 0.6 is 0 Å². The molecule has 0 spiro atoms. The lowest BCUT2D eigenvalue weighted by molar-refractivity contribution is 0.513. The molecular weight excluding hydrogens is 224 g/mol. The second-order valence-corrected chi connectivity index (χ2v) is 4.84. The Morgan fingerprint density at radius 3 is 2.44 bits per heavy atom. The molecule has 0 bridgehead atoms. The number of hydrogen-bond acceptors (Lipinski definition) is 3. The summed E-state index contributed by atoms with van der Waals surface area (Å²) in [6.45, 7) is 8.72. The quantitative estimate of drug-likeness (QED) is 0.900. The number of nitrogens with two attached hydrogens (primary N) is 1. The molecule has 0 saturated carbocycles. The minimum Gasteiger partial charge on any atom is -0.322 e. The predicted molar refractivity (Wildman–Crippen MR) is 72.3 cm³/mol. The van der Waals surface area contributed by atoms with Gasteiger partial charge in [-0.25, -0.2) is 9.67 Å². The Morgan fingerprint density at radius 2 is 1.89 bits per heavy atom. The zero-order valence-electron chi connectivity index (χ0n) is 11.4. The van der Waals surface area contributed by atoms with Gasteiger partial charge in [-0.3, -0.25) is 0 Å². The van der Waals surface area contributed by atoms with Crippen LogP contribution in [0.2, 0.25) is 0 Å². The SMILES string of the molecule is Cc1nc(C)n(CC(N)c2ccc(C)c(C)c2)n1. The van der Waals surface area contributed by atoms with Crippen molar-refractivity contribution >= 4 is 0 Å². The van der Waals surface area contributed by atoms with Crippen LogP contribution in [0.3, 0.4) is 0 Å². The van der Waals surface area contributed by atoms with E-state index < -0.39 is 0 Å². The van der Waals surface area contributed by atoms with Gasteiger partial charge in [0.15, 0.2) is 0 Å². The summed E-state index contributed by atoms with van der Waals surface area (Å²) in [5.41, 5.74) is 9.94. The van der Waals surface area contributed by atoms with Crippen molar-refractivity contribution in [2.75, 3.05) is 0 Å². The molecule has 0 radical (unpaired) electrons. The van der Waals surface area contributed by atoms with Crippen molar-refractivity contribution in [1.29, 1.82) is 0 Å². The molecule has 0 amide bonds. The third-order valence-electron chi connectivity index (χ3n) is 3.29. The second-order valence-electron chi connectivity index (χ2n) is 4.84. The van der Waals surface area contributed by atoms with Crippen LogP contribution in [-0.4, -0.2) is 14.8 Å². The van der Waals surface area contributed by atoms with Crippen molar-refractivity contribution in [3.8, 4) is 0 Å². The number of rotatable bonds is 3. The minimum absolute atomic E-state index is 0.0518. The zero-order valence-corrected chi connectivity index (χ0v) is 11.4. The summed E-state index contributed by atoms with van der Waals surface area (Å²) >= 11 is 0. The van der Waals surface area contributed by atoms with Crippen molar-refractivity contribution in [3.63, 3.8) is 0 Å². The summed E-state index contributed by atoms with van der Waals surface area (Å²) in [5, 5.41) is 4.34. The van der Waals surface area contributed by atoms with E-state index in [9.17, 15) is 0 Å². The van der Waals surface area contributed by atoms with Gasteiger partial charge in [0.05, 0.1) is 6.54 Å². The fourth-order valence-corrected chi connectivity index (χ4v) is 2.02. The fraction of sp³-hybridized carbons (Fsp3) is 0.429. The van der Waals surface area contributed by atoms with Crippen LogP contribution < -0.4 is 5.73 Å². The average molecular weight is 244 g/mol. The molecule has 1 aromatic carbocycles. The molecule has 0 fully saturated rings. The Labute approximate surface area is 108 Å². The molecule has 1 aromatic heterocycles. The standard InChI is InChI=1S/C14H20N4/c1-9-5-6-13(7-10(9)2)14(15)8-18-12(4)16-11(3)17-18/h5-7,14H,8,15H2,1-4H3. The first-order valence-corrected chi connectivity index (χ1v) is 6.18. The van der Waals surface area contributed by atoms with E-state index in [0.29, 0.717) is 6.54 Å². The second kappa shape index (κ2) is 4.90. The minimum atomic E-state index is -0.0518. The van der Waals surface area contributed by atoms with Gasteiger partial charge in [0.1, 0.15) is 11.6 Å². The Kier molecular flexibility index (Phi) is 3.48. The highest BCUT2D eigenvalue weighted by molar-refractivity contribution is 5.31. The van der Waals surface area contributed by atoms with E-state index in [4.69, 9.17) is 5.73 Å². The van der Waals surface area contributed by atoms with Gasteiger partial charge >= 0.3 is 0 Å². The van der Waals surface area contributed by atoms with Crippen LogP contribution in [0, 0.1) is 27.7 Å². The van der Waals surface area contributed by atoms with E-state index >= 15 is 0 Å². The summed E-state index contributed by atoms with van der Waals surface area (Å²) in [6.07, 6.45) is 0. The molecule has 0 aliphatic carbocycles. The van der Waals surface area contributed by atoms with Crippen molar-refractivity contribution in [3.05, 3.63) is 46.5 Å². The third kappa shape index (κ3) is 2.59. The monoisotopic (exact) mass is 244 g/mol. The van der Waals surface area contributed by atoms with E-state index in [0.717, 1.165) is 17.2 Å². The van der Waals surface area contributed by atoms with E-state index in [1.165, 1.54) is 11.1 Å². The molecule has 0 aliphatic heterocycles. The van der Waals surface area contributed by atoms with Crippen molar-refractivity contribution < 1.29 is 0 Å². The number of hydrogen-bond donors (Lipinski definition) is 1. The first-order valence-electron chi connectivity index (χ1n) is 6.18. The van der Waals surface area contributed by atoms with E-state index in [1.807, 2.05) is 18.5 Å². The molecular formula is C14H20N4. The summed E-state index contributed by atoms with van der Waals surface area (Å²) in [7, 11) is 0. The Morgan fingerprint density at radius 1 is 1.17 bits per heavy atom. The van der Waals surface area contributed by atoms with Gasteiger partial charge in [0.25, 0.3) is 0 Å². The van der Waals surface area contributed by atoms with Crippen LogP contribution in [0.25, 0.3) is 0 Å². The van der Waals surface area contributed by atoms with Crippen molar-refractivity contribution in [2.45, 2.75) is 40.3 Å².